The molecule has 0 radical (unpaired) electrons. The van der Waals surface area contributed by atoms with Gasteiger partial charge in [-0.3, -0.25) is 0 Å². The molecule has 0 fully saturated rings. The number of nitrogens with one attached hydrogen (secondary N) is 1. The second kappa shape index (κ2) is 6.44. The van der Waals surface area contributed by atoms with Crippen molar-refractivity contribution in [2.24, 2.45) is 0 Å². The van der Waals surface area contributed by atoms with Crippen molar-refractivity contribution in [1.82, 2.24) is 5.32 Å². The molecule has 0 aliphatic heterocycles. The molecule has 1 nitrogen and oxygen atoms in total. The van der Waals surface area contributed by atoms with E-state index in [4.69, 9.17) is 0 Å². The molecule has 0 bridgehead atoms. The highest BCUT2D eigenvalue weighted by Gasteiger charge is 2.10. The van der Waals surface area contributed by atoms with E-state index in [1.54, 1.807) is 12.1 Å². The zero-order valence-corrected chi connectivity index (χ0v) is 10.1. The average Bonchev–Trinajstić information content (AvgIpc) is 2.23. The number of halogens is 1. The first-order chi connectivity index (χ1) is 7.63. The van der Waals surface area contributed by atoms with E-state index in [9.17, 15) is 4.39 Å². The van der Waals surface area contributed by atoms with Crippen LogP contribution in [-0.4, -0.2) is 6.54 Å². The third kappa shape index (κ3) is 4.15. The summed E-state index contributed by atoms with van der Waals surface area (Å²) in [5.41, 5.74) is 2.11. The van der Waals surface area contributed by atoms with Gasteiger partial charge in [-0.15, -0.1) is 6.58 Å². The minimum Gasteiger partial charge on any atom is -0.310 e. The summed E-state index contributed by atoms with van der Waals surface area (Å²) in [5, 5.41) is 3.42. The van der Waals surface area contributed by atoms with E-state index in [-0.39, 0.29) is 11.9 Å². The fraction of sp³-hybridized carbons (Fsp3) is 0.429. The molecule has 0 aliphatic carbocycles. The Bertz CT molecular complexity index is 346. The third-order valence-electron chi connectivity index (χ3n) is 2.44. The molecule has 2 heteroatoms. The van der Waals surface area contributed by atoms with Crippen LogP contribution in [0.4, 0.5) is 4.39 Å². The average molecular weight is 221 g/mol. The minimum absolute atomic E-state index is 0.174. The first-order valence-corrected chi connectivity index (χ1v) is 5.76. The van der Waals surface area contributed by atoms with Crippen molar-refractivity contribution in [3.63, 3.8) is 0 Å². The fourth-order valence-corrected chi connectivity index (χ4v) is 1.70. The lowest BCUT2D eigenvalue weighted by Crippen LogP contribution is -2.22. The smallest absolute Gasteiger partial charge is 0.123 e. The molecule has 1 aromatic rings. The van der Waals surface area contributed by atoms with E-state index in [0.717, 1.165) is 30.5 Å². The Labute approximate surface area is 97.4 Å². The molecular formula is C14H20FN. The summed E-state index contributed by atoms with van der Waals surface area (Å²) >= 11 is 0. The normalized spacial score (nSPS) is 12.4. The number of benzene rings is 1. The van der Waals surface area contributed by atoms with Gasteiger partial charge in [-0.25, -0.2) is 4.39 Å². The summed E-state index contributed by atoms with van der Waals surface area (Å²) in [4.78, 5) is 0. The fourth-order valence-electron chi connectivity index (χ4n) is 1.70. The molecule has 1 atom stereocenters. The van der Waals surface area contributed by atoms with Gasteiger partial charge in [-0.2, -0.15) is 0 Å². The van der Waals surface area contributed by atoms with Gasteiger partial charge in [0.05, 0.1) is 0 Å². The van der Waals surface area contributed by atoms with Gasteiger partial charge in [0, 0.05) is 6.04 Å². The maximum atomic E-state index is 13.1. The first kappa shape index (κ1) is 12.9. The Morgan fingerprint density at radius 1 is 1.50 bits per heavy atom. The van der Waals surface area contributed by atoms with E-state index >= 15 is 0 Å². The lowest BCUT2D eigenvalue weighted by molar-refractivity contribution is 0.523. The van der Waals surface area contributed by atoms with Gasteiger partial charge in [0.15, 0.2) is 0 Å². The highest BCUT2D eigenvalue weighted by Crippen LogP contribution is 2.20. The van der Waals surface area contributed by atoms with Crippen molar-refractivity contribution in [1.29, 1.82) is 0 Å². The van der Waals surface area contributed by atoms with Crippen molar-refractivity contribution in [2.45, 2.75) is 32.7 Å². The topological polar surface area (TPSA) is 12.0 Å². The Morgan fingerprint density at radius 2 is 2.25 bits per heavy atom. The lowest BCUT2D eigenvalue weighted by atomic mass is 10.00. The second-order valence-electron chi connectivity index (χ2n) is 4.22. The summed E-state index contributed by atoms with van der Waals surface area (Å²) in [7, 11) is 0. The van der Waals surface area contributed by atoms with Crippen molar-refractivity contribution < 1.29 is 4.39 Å². The third-order valence-corrected chi connectivity index (χ3v) is 2.44. The molecule has 1 rings (SSSR count). The van der Waals surface area contributed by atoms with Gasteiger partial charge in [-0.05, 0) is 44.0 Å². The van der Waals surface area contributed by atoms with Gasteiger partial charge < -0.3 is 5.32 Å². The van der Waals surface area contributed by atoms with Crippen LogP contribution < -0.4 is 5.32 Å². The van der Waals surface area contributed by atoms with Crippen LogP contribution in [-0.2, 0) is 0 Å². The molecular weight excluding hydrogens is 201 g/mol. The van der Waals surface area contributed by atoms with Gasteiger partial charge >= 0.3 is 0 Å². The molecule has 1 unspecified atom stereocenters. The molecule has 0 aromatic heterocycles. The van der Waals surface area contributed by atoms with Gasteiger partial charge in [0.1, 0.15) is 5.82 Å². The summed E-state index contributed by atoms with van der Waals surface area (Å²) in [6.45, 7) is 8.98. The van der Waals surface area contributed by atoms with Crippen LogP contribution in [0.1, 0.15) is 38.3 Å². The van der Waals surface area contributed by atoms with Crippen LogP contribution in [0.5, 0.6) is 0 Å². The predicted molar refractivity (Wildman–Crippen MR) is 66.9 cm³/mol. The molecule has 16 heavy (non-hydrogen) atoms. The van der Waals surface area contributed by atoms with Gasteiger partial charge in [-0.1, -0.05) is 24.6 Å². The summed E-state index contributed by atoms with van der Waals surface area (Å²) in [6.07, 6.45) is 1.92. The van der Waals surface area contributed by atoms with E-state index < -0.39 is 0 Å². The zero-order valence-electron chi connectivity index (χ0n) is 10.1. The molecule has 0 heterocycles. The molecule has 88 valence electrons. The Balaban J connectivity index is 2.78. The molecule has 0 amide bonds. The van der Waals surface area contributed by atoms with Crippen LogP contribution in [0.3, 0.4) is 0 Å². The van der Waals surface area contributed by atoms with Crippen LogP contribution in [0.15, 0.2) is 36.4 Å². The SMILES string of the molecule is C=C(C)CC(NCCC)c1cccc(F)c1. The number of hydrogen-bond donors (Lipinski definition) is 1. The Hall–Kier alpha value is -1.15. The molecule has 1 aromatic carbocycles. The van der Waals surface area contributed by atoms with Gasteiger partial charge in [0.2, 0.25) is 0 Å². The molecule has 0 spiro atoms. The maximum absolute atomic E-state index is 13.1. The highest BCUT2D eigenvalue weighted by molar-refractivity contribution is 5.21. The van der Waals surface area contributed by atoms with Crippen LogP contribution in [0, 0.1) is 5.82 Å². The Morgan fingerprint density at radius 3 is 2.81 bits per heavy atom. The predicted octanol–water partition coefficient (Wildman–Crippen LogP) is 3.83. The highest BCUT2D eigenvalue weighted by atomic mass is 19.1. The standard InChI is InChI=1S/C14H20FN/c1-4-8-16-14(9-11(2)3)12-6-5-7-13(15)10-12/h5-7,10,14,16H,2,4,8-9H2,1,3H3. The summed E-state index contributed by atoms with van der Waals surface area (Å²) in [6, 6.07) is 6.95. The van der Waals surface area contributed by atoms with Crippen molar-refractivity contribution in [2.75, 3.05) is 6.54 Å². The molecule has 0 aliphatic rings. The zero-order chi connectivity index (χ0) is 12.0. The minimum atomic E-state index is -0.178. The summed E-state index contributed by atoms with van der Waals surface area (Å²) < 4.78 is 13.1. The maximum Gasteiger partial charge on any atom is 0.123 e. The Kier molecular flexibility index (Phi) is 5.20. The molecule has 0 saturated carbocycles. The second-order valence-corrected chi connectivity index (χ2v) is 4.22. The van der Waals surface area contributed by atoms with Crippen molar-refractivity contribution >= 4 is 0 Å². The monoisotopic (exact) mass is 221 g/mol. The van der Waals surface area contributed by atoms with Crippen molar-refractivity contribution in [3.8, 4) is 0 Å². The van der Waals surface area contributed by atoms with E-state index in [1.807, 2.05) is 13.0 Å². The summed E-state index contributed by atoms with van der Waals surface area (Å²) in [5.74, 6) is -0.178. The van der Waals surface area contributed by atoms with Gasteiger partial charge in [0.25, 0.3) is 0 Å². The van der Waals surface area contributed by atoms with Crippen molar-refractivity contribution in [3.05, 3.63) is 47.8 Å². The van der Waals surface area contributed by atoms with E-state index in [1.165, 1.54) is 6.07 Å². The largest absolute Gasteiger partial charge is 0.310 e. The van der Waals surface area contributed by atoms with Crippen LogP contribution in [0.2, 0.25) is 0 Å². The quantitative estimate of drug-likeness (QED) is 0.720. The van der Waals surface area contributed by atoms with Crippen LogP contribution >= 0.6 is 0 Å². The number of rotatable bonds is 6. The first-order valence-electron chi connectivity index (χ1n) is 5.76. The number of hydrogen-bond acceptors (Lipinski definition) is 1. The van der Waals surface area contributed by atoms with E-state index in [0.29, 0.717) is 0 Å². The van der Waals surface area contributed by atoms with E-state index in [2.05, 4.69) is 18.8 Å². The van der Waals surface area contributed by atoms with Crippen LogP contribution in [0.25, 0.3) is 0 Å². The lowest BCUT2D eigenvalue weighted by Gasteiger charge is -2.19. The molecule has 1 N–H and O–H groups in total. The molecule has 0 saturated heterocycles.